The van der Waals surface area contributed by atoms with E-state index in [4.69, 9.17) is 16.3 Å². The molecule has 0 spiro atoms. The van der Waals surface area contributed by atoms with Crippen molar-refractivity contribution in [1.82, 2.24) is 15.3 Å². The Kier molecular flexibility index (Phi) is 3.75. The number of nitrogens with zero attached hydrogens (tertiary/aromatic N) is 2. The fourth-order valence-electron chi connectivity index (χ4n) is 1.65. The molecule has 15 heavy (non-hydrogen) atoms. The highest BCUT2D eigenvalue weighted by Gasteiger charge is 2.13. The van der Waals surface area contributed by atoms with Crippen LogP contribution in [0.3, 0.4) is 0 Å². The van der Waals surface area contributed by atoms with E-state index in [0.717, 1.165) is 6.54 Å². The maximum Gasteiger partial charge on any atom is 0.217 e. The Morgan fingerprint density at radius 1 is 1.47 bits per heavy atom. The Morgan fingerprint density at radius 2 is 2.40 bits per heavy atom. The number of aromatic nitrogens is 2. The zero-order chi connectivity index (χ0) is 10.5. The Labute approximate surface area is 94.0 Å². The first-order chi connectivity index (χ1) is 7.34. The highest BCUT2D eigenvalue weighted by Crippen LogP contribution is 2.13. The van der Waals surface area contributed by atoms with Crippen LogP contribution < -0.4 is 10.1 Å². The lowest BCUT2D eigenvalue weighted by atomic mass is 10.1. The third-order valence-corrected chi connectivity index (χ3v) is 2.66. The minimum Gasteiger partial charge on any atom is -0.476 e. The molecule has 1 N–H and O–H groups in total. The Morgan fingerprint density at radius 3 is 3.13 bits per heavy atom. The van der Waals surface area contributed by atoms with E-state index in [1.165, 1.54) is 25.6 Å². The van der Waals surface area contributed by atoms with Gasteiger partial charge in [-0.1, -0.05) is 18.0 Å². The van der Waals surface area contributed by atoms with Crippen LogP contribution in [0.1, 0.15) is 19.3 Å². The molecule has 0 unspecified atom stereocenters. The van der Waals surface area contributed by atoms with E-state index in [1.807, 2.05) is 0 Å². The van der Waals surface area contributed by atoms with Crippen LogP contribution in [0.4, 0.5) is 0 Å². The van der Waals surface area contributed by atoms with Gasteiger partial charge in [0.1, 0.15) is 18.1 Å². The SMILES string of the molecule is Clc1cc(OC[C@@H]2CCCCN2)ncn1. The quantitative estimate of drug-likeness (QED) is 0.798. The second-order valence-electron chi connectivity index (χ2n) is 3.64. The molecule has 1 atom stereocenters. The Balaban J connectivity index is 1.81. The summed E-state index contributed by atoms with van der Waals surface area (Å²) in [5.41, 5.74) is 0. The minimum absolute atomic E-state index is 0.414. The maximum atomic E-state index is 5.72. The van der Waals surface area contributed by atoms with Gasteiger partial charge in [0, 0.05) is 12.1 Å². The summed E-state index contributed by atoms with van der Waals surface area (Å²) in [6.45, 7) is 1.73. The molecule has 1 aromatic heterocycles. The van der Waals surface area contributed by atoms with Crippen LogP contribution in [0.2, 0.25) is 5.15 Å². The van der Waals surface area contributed by atoms with E-state index in [9.17, 15) is 0 Å². The fourth-order valence-corrected chi connectivity index (χ4v) is 1.79. The first-order valence-electron chi connectivity index (χ1n) is 5.18. The van der Waals surface area contributed by atoms with E-state index in [1.54, 1.807) is 6.07 Å². The van der Waals surface area contributed by atoms with Gasteiger partial charge in [0.15, 0.2) is 0 Å². The van der Waals surface area contributed by atoms with Crippen LogP contribution in [-0.4, -0.2) is 29.2 Å². The third-order valence-electron chi connectivity index (χ3n) is 2.45. The largest absolute Gasteiger partial charge is 0.476 e. The summed E-state index contributed by atoms with van der Waals surface area (Å²) in [6.07, 6.45) is 5.10. The second-order valence-corrected chi connectivity index (χ2v) is 4.02. The maximum absolute atomic E-state index is 5.72. The molecule has 1 saturated heterocycles. The zero-order valence-corrected chi connectivity index (χ0v) is 9.20. The van der Waals surface area contributed by atoms with Crippen molar-refractivity contribution >= 4 is 11.6 Å². The summed E-state index contributed by atoms with van der Waals surface area (Å²) >= 11 is 5.72. The van der Waals surface area contributed by atoms with E-state index < -0.39 is 0 Å². The van der Waals surface area contributed by atoms with Crippen LogP contribution in [0, 0.1) is 0 Å². The average Bonchev–Trinajstić information content (AvgIpc) is 2.28. The number of halogens is 1. The van der Waals surface area contributed by atoms with Gasteiger partial charge in [-0.05, 0) is 19.4 Å². The summed E-state index contributed by atoms with van der Waals surface area (Å²) in [7, 11) is 0. The molecule has 2 heterocycles. The predicted octanol–water partition coefficient (Wildman–Crippen LogP) is 1.65. The standard InChI is InChI=1S/C10H14ClN3O/c11-9-5-10(14-7-13-9)15-6-8-3-1-2-4-12-8/h5,7-8,12H,1-4,6H2/t8-/m0/s1. The molecule has 1 aromatic rings. The summed E-state index contributed by atoms with van der Waals surface area (Å²) in [5, 5.41) is 3.82. The van der Waals surface area contributed by atoms with Gasteiger partial charge in [-0.25, -0.2) is 9.97 Å². The second kappa shape index (κ2) is 5.28. The highest BCUT2D eigenvalue weighted by molar-refractivity contribution is 6.29. The van der Waals surface area contributed by atoms with Gasteiger partial charge >= 0.3 is 0 Å². The van der Waals surface area contributed by atoms with Gasteiger partial charge in [0.25, 0.3) is 0 Å². The normalized spacial score (nSPS) is 21.3. The topological polar surface area (TPSA) is 47.0 Å². The smallest absolute Gasteiger partial charge is 0.217 e. The zero-order valence-electron chi connectivity index (χ0n) is 8.45. The van der Waals surface area contributed by atoms with Crippen molar-refractivity contribution < 1.29 is 4.74 Å². The molecule has 0 radical (unpaired) electrons. The molecule has 0 aromatic carbocycles. The summed E-state index contributed by atoms with van der Waals surface area (Å²) in [5.74, 6) is 0.544. The number of hydrogen-bond donors (Lipinski definition) is 1. The molecule has 0 amide bonds. The lowest BCUT2D eigenvalue weighted by Gasteiger charge is -2.23. The lowest BCUT2D eigenvalue weighted by molar-refractivity contribution is 0.232. The first-order valence-corrected chi connectivity index (χ1v) is 5.56. The molecule has 0 bridgehead atoms. The van der Waals surface area contributed by atoms with Crippen molar-refractivity contribution in [2.45, 2.75) is 25.3 Å². The Hall–Kier alpha value is -0.870. The minimum atomic E-state index is 0.414. The molecule has 1 aliphatic rings. The van der Waals surface area contributed by atoms with Crippen LogP contribution >= 0.6 is 11.6 Å². The van der Waals surface area contributed by atoms with Gasteiger partial charge in [0.05, 0.1) is 0 Å². The van der Waals surface area contributed by atoms with Gasteiger partial charge in [-0.3, -0.25) is 0 Å². The van der Waals surface area contributed by atoms with E-state index in [2.05, 4.69) is 15.3 Å². The number of hydrogen-bond acceptors (Lipinski definition) is 4. The van der Waals surface area contributed by atoms with Gasteiger partial charge in [0.2, 0.25) is 5.88 Å². The van der Waals surface area contributed by atoms with Crippen molar-refractivity contribution in [1.29, 1.82) is 0 Å². The number of piperidine rings is 1. The molecule has 0 aliphatic carbocycles. The molecular formula is C10H14ClN3O. The van der Waals surface area contributed by atoms with E-state index in [-0.39, 0.29) is 0 Å². The van der Waals surface area contributed by atoms with Crippen molar-refractivity contribution in [3.63, 3.8) is 0 Å². The summed E-state index contributed by atoms with van der Waals surface area (Å²) in [6, 6.07) is 2.07. The van der Waals surface area contributed by atoms with Crippen LogP contribution in [0.25, 0.3) is 0 Å². The molecule has 2 rings (SSSR count). The van der Waals surface area contributed by atoms with Crippen LogP contribution in [-0.2, 0) is 0 Å². The van der Waals surface area contributed by atoms with Crippen LogP contribution in [0.5, 0.6) is 5.88 Å². The highest BCUT2D eigenvalue weighted by atomic mass is 35.5. The molecule has 0 saturated carbocycles. The fraction of sp³-hybridized carbons (Fsp3) is 0.600. The lowest BCUT2D eigenvalue weighted by Crippen LogP contribution is -2.38. The number of rotatable bonds is 3. The third kappa shape index (κ3) is 3.32. The monoisotopic (exact) mass is 227 g/mol. The molecule has 5 heteroatoms. The number of nitrogens with one attached hydrogen (secondary N) is 1. The van der Waals surface area contributed by atoms with Crippen molar-refractivity contribution in [2.75, 3.05) is 13.2 Å². The van der Waals surface area contributed by atoms with E-state index in [0.29, 0.717) is 23.7 Å². The van der Waals surface area contributed by atoms with Crippen molar-refractivity contribution in [2.24, 2.45) is 0 Å². The summed E-state index contributed by atoms with van der Waals surface area (Å²) in [4.78, 5) is 7.77. The first kappa shape index (κ1) is 10.6. The average molecular weight is 228 g/mol. The van der Waals surface area contributed by atoms with E-state index >= 15 is 0 Å². The van der Waals surface area contributed by atoms with Gasteiger partial charge in [-0.15, -0.1) is 0 Å². The van der Waals surface area contributed by atoms with Crippen molar-refractivity contribution in [3.05, 3.63) is 17.5 Å². The molecule has 1 fully saturated rings. The molecule has 4 nitrogen and oxygen atoms in total. The Bertz CT molecular complexity index is 315. The van der Waals surface area contributed by atoms with Gasteiger partial charge < -0.3 is 10.1 Å². The van der Waals surface area contributed by atoms with Crippen LogP contribution in [0.15, 0.2) is 12.4 Å². The predicted molar refractivity (Wildman–Crippen MR) is 58.2 cm³/mol. The van der Waals surface area contributed by atoms with Crippen molar-refractivity contribution in [3.8, 4) is 5.88 Å². The summed E-state index contributed by atoms with van der Waals surface area (Å²) < 4.78 is 5.53. The molecule has 82 valence electrons. The van der Waals surface area contributed by atoms with Gasteiger partial charge in [-0.2, -0.15) is 0 Å². The molecule has 1 aliphatic heterocycles. The molecular weight excluding hydrogens is 214 g/mol. The number of ether oxygens (including phenoxy) is 1.